The number of hydrogen-bond acceptors (Lipinski definition) is 16. The second kappa shape index (κ2) is 29.5. The van der Waals surface area contributed by atoms with Crippen molar-refractivity contribution in [1.29, 1.82) is 0 Å². The summed E-state index contributed by atoms with van der Waals surface area (Å²) in [6.07, 6.45) is 2.75. The number of rotatable bonds is 30. The molecule has 0 radical (unpaired) electrons. The fourth-order valence-electron chi connectivity index (χ4n) is 6.77. The second-order valence-corrected chi connectivity index (χ2v) is 20.5. The van der Waals surface area contributed by atoms with Crippen LogP contribution < -0.4 is 10.6 Å². The highest BCUT2D eigenvalue weighted by Crippen LogP contribution is 2.50. The molecule has 0 aromatic rings. The van der Waals surface area contributed by atoms with E-state index in [2.05, 4.69) is 10.6 Å². The SMILES string of the molecule is CCC(C)C(=O)OCC(COC(=O)NC1CCC(C)(CNC(=O)OC(COC(=O)C(C)CC)(COC(=O)C(C)CC)COC(=O)C(C)CC)C(C)(C)C1)(COC(=O)C(C)CC)COC(=O)C(C)CC. The van der Waals surface area contributed by atoms with Gasteiger partial charge in [-0.1, -0.05) is 104 Å². The summed E-state index contributed by atoms with van der Waals surface area (Å²) in [5, 5.41) is 5.79. The Morgan fingerprint density at radius 3 is 1.09 bits per heavy atom. The van der Waals surface area contributed by atoms with E-state index in [0.717, 1.165) is 0 Å². The zero-order valence-corrected chi connectivity index (χ0v) is 44.6. The molecule has 2 amide bonds. The van der Waals surface area contributed by atoms with Crippen LogP contribution in [-0.2, 0) is 66.7 Å². The molecule has 2 N–H and O–H groups in total. The van der Waals surface area contributed by atoms with Crippen LogP contribution in [0.2, 0.25) is 0 Å². The predicted octanol–water partition coefficient (Wildman–Crippen LogP) is 8.28. The molecule has 0 saturated heterocycles. The Balaban J connectivity index is 3.31. The zero-order chi connectivity index (χ0) is 52.8. The van der Waals surface area contributed by atoms with Gasteiger partial charge in [0, 0.05) is 12.6 Å². The first-order chi connectivity index (χ1) is 32.2. The maximum atomic E-state index is 13.8. The lowest BCUT2D eigenvalue weighted by molar-refractivity contribution is -0.180. The van der Waals surface area contributed by atoms with Crippen LogP contribution in [0.5, 0.6) is 0 Å². The molecule has 69 heavy (non-hydrogen) atoms. The van der Waals surface area contributed by atoms with Crippen molar-refractivity contribution in [2.24, 2.45) is 51.8 Å². The minimum atomic E-state index is -1.88. The lowest BCUT2D eigenvalue weighted by Gasteiger charge is -2.50. The van der Waals surface area contributed by atoms with Gasteiger partial charge in [-0.2, -0.15) is 0 Å². The molecule has 18 nitrogen and oxygen atoms in total. The van der Waals surface area contributed by atoms with E-state index < -0.39 is 132 Å². The summed E-state index contributed by atoms with van der Waals surface area (Å²) < 4.78 is 45.6. The Labute approximate surface area is 411 Å². The summed E-state index contributed by atoms with van der Waals surface area (Å²) in [5.41, 5.74) is -4.37. The number of nitrogens with one attached hydrogen (secondary N) is 2. The molecule has 1 saturated carbocycles. The summed E-state index contributed by atoms with van der Waals surface area (Å²) in [6.45, 7) is 24.2. The van der Waals surface area contributed by atoms with E-state index in [1.165, 1.54) is 0 Å². The van der Waals surface area contributed by atoms with E-state index in [-0.39, 0.29) is 32.4 Å². The molecule has 1 rings (SSSR count). The standard InChI is InChI=1S/C51H88N2O16/c1-16-33(7)40(54)62-26-50(27-63-41(55)34(8)17-2,28-64-42(56)35(9)18-3)29-68-47(61)53-39-22-23-49(15,48(13,14)24-39)25-52-46(60)69-51(30-65-43(57)36(10)19-4,31-66-44(58)37(11)20-5)32-67-45(59)38(12)21-6/h33-39H,16-32H2,1-15H3,(H,52,60)(H,53,61). The minimum absolute atomic E-state index is 0.112. The van der Waals surface area contributed by atoms with Crippen molar-refractivity contribution >= 4 is 48.0 Å². The van der Waals surface area contributed by atoms with Crippen LogP contribution in [0.25, 0.3) is 0 Å². The number of ether oxygens (including phenoxy) is 8. The van der Waals surface area contributed by atoms with Crippen molar-refractivity contribution in [2.45, 2.75) is 173 Å². The molecule has 0 bridgehead atoms. The average molecular weight is 985 g/mol. The average Bonchev–Trinajstić information content (AvgIpc) is 3.34. The van der Waals surface area contributed by atoms with Crippen LogP contribution in [-0.4, -0.2) is 112 Å². The van der Waals surface area contributed by atoms with Crippen LogP contribution >= 0.6 is 0 Å². The summed E-state index contributed by atoms with van der Waals surface area (Å²) in [4.78, 5) is 105. The highest BCUT2D eigenvalue weighted by atomic mass is 16.6. The largest absolute Gasteiger partial charge is 0.464 e. The summed E-state index contributed by atoms with van der Waals surface area (Å²) in [5.74, 6) is -5.96. The van der Waals surface area contributed by atoms with E-state index >= 15 is 0 Å². The van der Waals surface area contributed by atoms with Gasteiger partial charge in [-0.25, -0.2) is 9.59 Å². The first-order valence-corrected chi connectivity index (χ1v) is 25.1. The van der Waals surface area contributed by atoms with Crippen molar-refractivity contribution in [3.05, 3.63) is 0 Å². The molecule has 0 spiro atoms. The van der Waals surface area contributed by atoms with Gasteiger partial charge in [-0.3, -0.25) is 28.8 Å². The van der Waals surface area contributed by atoms with E-state index in [1.54, 1.807) is 41.5 Å². The van der Waals surface area contributed by atoms with Crippen molar-refractivity contribution in [3.8, 4) is 0 Å². The van der Waals surface area contributed by atoms with Gasteiger partial charge in [0.05, 0.1) is 35.5 Å². The Morgan fingerprint density at radius 1 is 0.478 bits per heavy atom. The number of carbonyl (C=O) groups is 8. The van der Waals surface area contributed by atoms with E-state index in [9.17, 15) is 38.4 Å². The molecule has 8 atom stereocenters. The maximum absolute atomic E-state index is 13.8. The lowest BCUT2D eigenvalue weighted by atomic mass is 9.57. The van der Waals surface area contributed by atoms with Gasteiger partial charge in [-0.15, -0.1) is 0 Å². The third kappa shape index (κ3) is 20.3. The van der Waals surface area contributed by atoms with Gasteiger partial charge < -0.3 is 48.5 Å². The smallest absolute Gasteiger partial charge is 0.408 e. The molecule has 398 valence electrons. The Kier molecular flexibility index (Phi) is 26.7. The van der Waals surface area contributed by atoms with Crippen molar-refractivity contribution < 1.29 is 76.3 Å². The third-order valence-electron chi connectivity index (χ3n) is 14.3. The molecule has 0 aliphatic heterocycles. The zero-order valence-electron chi connectivity index (χ0n) is 44.6. The van der Waals surface area contributed by atoms with Crippen LogP contribution in [0.3, 0.4) is 0 Å². The molecule has 1 aliphatic carbocycles. The predicted molar refractivity (Wildman–Crippen MR) is 256 cm³/mol. The van der Waals surface area contributed by atoms with Crippen LogP contribution in [0.15, 0.2) is 0 Å². The highest BCUT2D eigenvalue weighted by Gasteiger charge is 2.48. The fourth-order valence-corrected chi connectivity index (χ4v) is 6.77. The van der Waals surface area contributed by atoms with Crippen LogP contribution in [0, 0.1) is 51.8 Å². The first kappa shape index (κ1) is 62.4. The van der Waals surface area contributed by atoms with Gasteiger partial charge >= 0.3 is 48.0 Å². The van der Waals surface area contributed by atoms with E-state index in [4.69, 9.17) is 37.9 Å². The van der Waals surface area contributed by atoms with Gasteiger partial charge in [0.1, 0.15) is 51.7 Å². The Morgan fingerprint density at radius 2 is 0.783 bits per heavy atom. The van der Waals surface area contributed by atoms with Gasteiger partial charge in [0.15, 0.2) is 0 Å². The maximum Gasteiger partial charge on any atom is 0.408 e. The monoisotopic (exact) mass is 985 g/mol. The van der Waals surface area contributed by atoms with E-state index in [1.807, 2.05) is 62.3 Å². The van der Waals surface area contributed by atoms with Crippen molar-refractivity contribution in [3.63, 3.8) is 0 Å². The molecule has 1 aliphatic rings. The Bertz CT molecular complexity index is 1550. The number of amides is 2. The molecule has 0 aromatic heterocycles. The first-order valence-electron chi connectivity index (χ1n) is 25.1. The van der Waals surface area contributed by atoms with Crippen molar-refractivity contribution in [1.82, 2.24) is 10.6 Å². The quantitative estimate of drug-likeness (QED) is 0.0509. The molecule has 0 aromatic carbocycles. The van der Waals surface area contributed by atoms with Crippen LogP contribution in [0.4, 0.5) is 9.59 Å². The topological polar surface area (TPSA) is 234 Å². The minimum Gasteiger partial charge on any atom is -0.464 e. The van der Waals surface area contributed by atoms with Crippen LogP contribution in [0.1, 0.15) is 162 Å². The number of carbonyl (C=O) groups excluding carboxylic acids is 8. The molecule has 1 fully saturated rings. The third-order valence-corrected chi connectivity index (χ3v) is 14.3. The summed E-state index contributed by atoms with van der Waals surface area (Å²) >= 11 is 0. The lowest BCUT2D eigenvalue weighted by Crippen LogP contribution is -2.55. The molecule has 8 unspecified atom stereocenters. The summed E-state index contributed by atoms with van der Waals surface area (Å²) in [6, 6.07) is -0.370. The number of esters is 6. The van der Waals surface area contributed by atoms with Crippen molar-refractivity contribution in [2.75, 3.05) is 52.8 Å². The number of alkyl carbamates (subject to hydrolysis) is 2. The summed E-state index contributed by atoms with van der Waals surface area (Å²) in [7, 11) is 0. The number of hydrogen-bond donors (Lipinski definition) is 2. The van der Waals surface area contributed by atoms with Gasteiger partial charge in [0.2, 0.25) is 5.60 Å². The molecular formula is C51H88N2O16. The van der Waals surface area contributed by atoms with Gasteiger partial charge in [0.25, 0.3) is 0 Å². The Hall–Kier alpha value is -4.64. The second-order valence-electron chi connectivity index (χ2n) is 20.5. The molecule has 0 heterocycles. The van der Waals surface area contributed by atoms with Gasteiger partial charge in [-0.05, 0) is 68.6 Å². The van der Waals surface area contributed by atoms with E-state index in [0.29, 0.717) is 57.8 Å². The normalized spacial score (nSPS) is 20.8. The fraction of sp³-hybridized carbons (Fsp3) is 0.843. The molecular weight excluding hydrogens is 897 g/mol. The highest BCUT2D eigenvalue weighted by molar-refractivity contribution is 5.75. The molecule has 18 heteroatoms.